The molecule has 4 rings (SSSR count). The molecule has 1 fully saturated rings. The fourth-order valence-electron chi connectivity index (χ4n) is 3.38. The van der Waals surface area contributed by atoms with Crippen molar-refractivity contribution >= 4 is 28.6 Å². The second kappa shape index (κ2) is 7.41. The first-order valence-electron chi connectivity index (χ1n) is 9.04. The highest BCUT2D eigenvalue weighted by molar-refractivity contribution is 7.99. The van der Waals surface area contributed by atoms with Gasteiger partial charge in [-0.05, 0) is 37.6 Å². The van der Waals surface area contributed by atoms with Gasteiger partial charge in [0.1, 0.15) is 12.2 Å². The smallest absolute Gasteiger partial charge is 0.308 e. The zero-order valence-corrected chi connectivity index (χ0v) is 16.4. The minimum Gasteiger partial charge on any atom is -0.459 e. The van der Waals surface area contributed by atoms with Gasteiger partial charge >= 0.3 is 5.97 Å². The monoisotopic (exact) mass is 396 g/mol. The molecule has 0 bridgehead atoms. The third-order valence-corrected chi connectivity index (χ3v) is 5.83. The fraction of sp³-hybridized carbons (Fsp3) is 0.286. The van der Waals surface area contributed by atoms with E-state index in [-0.39, 0.29) is 12.0 Å². The molecule has 2 heterocycles. The van der Waals surface area contributed by atoms with Gasteiger partial charge in [0.2, 0.25) is 0 Å². The Hall–Kier alpha value is -2.64. The highest BCUT2D eigenvalue weighted by Crippen LogP contribution is 2.27. The van der Waals surface area contributed by atoms with Crippen molar-refractivity contribution in [2.45, 2.75) is 37.6 Å². The van der Waals surface area contributed by atoms with Crippen LogP contribution in [0.2, 0.25) is 0 Å². The maximum Gasteiger partial charge on any atom is 0.308 e. The molecule has 2 aromatic carbocycles. The van der Waals surface area contributed by atoms with E-state index < -0.39 is 18.2 Å². The van der Waals surface area contributed by atoms with Crippen LogP contribution in [0.5, 0.6) is 0 Å². The Morgan fingerprint density at radius 3 is 2.71 bits per heavy atom. The number of aliphatic hydroxyl groups excluding tert-OH is 1. The summed E-state index contributed by atoms with van der Waals surface area (Å²) in [5.41, 5.74) is 3.30. The SMILES string of the molecule is Cc1ccc(-n2c(SC[C@H]3OC(=O)C[C@@H]3O)nc3ccccc3c2=O)c(C)c1. The highest BCUT2D eigenvalue weighted by Gasteiger charge is 2.33. The van der Waals surface area contributed by atoms with Gasteiger partial charge in [-0.3, -0.25) is 14.2 Å². The van der Waals surface area contributed by atoms with Crippen LogP contribution < -0.4 is 5.56 Å². The van der Waals surface area contributed by atoms with Gasteiger partial charge in [0.25, 0.3) is 5.56 Å². The molecule has 1 saturated heterocycles. The number of ether oxygens (including phenoxy) is 1. The molecule has 1 N–H and O–H groups in total. The van der Waals surface area contributed by atoms with E-state index in [1.807, 2.05) is 44.2 Å². The molecule has 3 aromatic rings. The molecule has 1 aliphatic rings. The Bertz CT molecular complexity index is 1130. The molecule has 0 radical (unpaired) electrons. The Morgan fingerprint density at radius 2 is 2.00 bits per heavy atom. The maximum absolute atomic E-state index is 13.3. The van der Waals surface area contributed by atoms with Crippen molar-refractivity contribution in [3.8, 4) is 5.69 Å². The van der Waals surface area contributed by atoms with Crippen LogP contribution in [0.4, 0.5) is 0 Å². The van der Waals surface area contributed by atoms with Crippen molar-refractivity contribution in [1.82, 2.24) is 9.55 Å². The van der Waals surface area contributed by atoms with E-state index in [0.29, 0.717) is 21.8 Å². The van der Waals surface area contributed by atoms with Crippen molar-refractivity contribution in [2.24, 2.45) is 0 Å². The first kappa shape index (κ1) is 18.7. The summed E-state index contributed by atoms with van der Waals surface area (Å²) >= 11 is 1.30. The number of carbonyl (C=O) groups excluding carboxylic acids is 1. The van der Waals surface area contributed by atoms with Crippen LogP contribution in [0.3, 0.4) is 0 Å². The first-order chi connectivity index (χ1) is 13.4. The van der Waals surface area contributed by atoms with Gasteiger partial charge in [0.05, 0.1) is 23.0 Å². The molecule has 6 nitrogen and oxygen atoms in total. The van der Waals surface area contributed by atoms with E-state index in [1.165, 1.54) is 11.8 Å². The molecular weight excluding hydrogens is 376 g/mol. The zero-order valence-electron chi connectivity index (χ0n) is 15.6. The zero-order chi connectivity index (χ0) is 19.8. The Balaban J connectivity index is 1.82. The fourth-order valence-corrected chi connectivity index (χ4v) is 4.45. The molecule has 1 aliphatic heterocycles. The summed E-state index contributed by atoms with van der Waals surface area (Å²) in [4.78, 5) is 29.4. The molecule has 28 heavy (non-hydrogen) atoms. The summed E-state index contributed by atoms with van der Waals surface area (Å²) in [6, 6.07) is 13.1. The van der Waals surface area contributed by atoms with Gasteiger partial charge in [0, 0.05) is 5.75 Å². The molecule has 0 aliphatic carbocycles. The number of thioether (sulfide) groups is 1. The Kier molecular flexibility index (Phi) is 4.95. The van der Waals surface area contributed by atoms with E-state index in [4.69, 9.17) is 4.74 Å². The predicted octanol–water partition coefficient (Wildman–Crippen LogP) is 2.77. The number of rotatable bonds is 4. The number of fused-ring (bicyclic) bond motifs is 1. The van der Waals surface area contributed by atoms with Crippen molar-refractivity contribution in [3.63, 3.8) is 0 Å². The molecule has 0 amide bonds. The van der Waals surface area contributed by atoms with E-state index in [0.717, 1.165) is 16.8 Å². The van der Waals surface area contributed by atoms with Crippen LogP contribution in [-0.2, 0) is 9.53 Å². The predicted molar refractivity (Wildman–Crippen MR) is 108 cm³/mol. The molecule has 0 unspecified atom stereocenters. The number of aryl methyl sites for hydroxylation is 2. The average Bonchev–Trinajstić information content (AvgIpc) is 2.98. The quantitative estimate of drug-likeness (QED) is 0.415. The number of para-hydroxylation sites is 1. The summed E-state index contributed by atoms with van der Waals surface area (Å²) < 4.78 is 6.78. The third-order valence-electron chi connectivity index (χ3n) is 4.80. The van der Waals surface area contributed by atoms with E-state index in [9.17, 15) is 14.7 Å². The van der Waals surface area contributed by atoms with Crippen LogP contribution in [0.15, 0.2) is 52.4 Å². The number of carbonyl (C=O) groups is 1. The summed E-state index contributed by atoms with van der Waals surface area (Å²) in [6.07, 6.45) is -1.43. The Morgan fingerprint density at radius 1 is 1.21 bits per heavy atom. The minimum atomic E-state index is -0.832. The number of hydrogen-bond donors (Lipinski definition) is 1. The van der Waals surface area contributed by atoms with E-state index in [1.54, 1.807) is 16.7 Å². The number of hydrogen-bond acceptors (Lipinski definition) is 6. The number of cyclic esters (lactones) is 1. The van der Waals surface area contributed by atoms with Crippen molar-refractivity contribution in [3.05, 3.63) is 63.9 Å². The van der Waals surface area contributed by atoms with Crippen molar-refractivity contribution in [2.75, 3.05) is 5.75 Å². The third kappa shape index (κ3) is 3.43. The normalized spacial score (nSPS) is 19.2. The molecule has 7 heteroatoms. The number of nitrogens with zero attached hydrogens (tertiary/aromatic N) is 2. The van der Waals surface area contributed by atoms with Crippen LogP contribution >= 0.6 is 11.8 Å². The maximum atomic E-state index is 13.3. The van der Waals surface area contributed by atoms with E-state index in [2.05, 4.69) is 4.98 Å². The molecule has 144 valence electrons. The molecule has 2 atom stereocenters. The lowest BCUT2D eigenvalue weighted by molar-refractivity contribution is -0.140. The van der Waals surface area contributed by atoms with Crippen LogP contribution in [0.1, 0.15) is 17.5 Å². The van der Waals surface area contributed by atoms with Gasteiger partial charge in [-0.25, -0.2) is 4.98 Å². The molecule has 0 spiro atoms. The lowest BCUT2D eigenvalue weighted by Gasteiger charge is -2.17. The molecular formula is C21H20N2O4S. The van der Waals surface area contributed by atoms with Gasteiger partial charge < -0.3 is 9.84 Å². The van der Waals surface area contributed by atoms with Crippen molar-refractivity contribution < 1.29 is 14.6 Å². The van der Waals surface area contributed by atoms with Gasteiger partial charge in [-0.15, -0.1) is 0 Å². The lowest BCUT2D eigenvalue weighted by atomic mass is 10.1. The number of aliphatic hydroxyl groups is 1. The summed E-state index contributed by atoms with van der Waals surface area (Å²) in [6.45, 7) is 3.96. The number of esters is 1. The second-order valence-corrected chi connectivity index (χ2v) is 7.94. The lowest BCUT2D eigenvalue weighted by Crippen LogP contribution is -2.26. The Labute approximate surface area is 166 Å². The summed E-state index contributed by atoms with van der Waals surface area (Å²) in [5.74, 6) is -0.0841. The second-order valence-electron chi connectivity index (χ2n) is 6.95. The van der Waals surface area contributed by atoms with Crippen LogP contribution in [0, 0.1) is 13.8 Å². The van der Waals surface area contributed by atoms with E-state index >= 15 is 0 Å². The average molecular weight is 396 g/mol. The van der Waals surface area contributed by atoms with Gasteiger partial charge in [-0.1, -0.05) is 41.6 Å². The topological polar surface area (TPSA) is 81.4 Å². The van der Waals surface area contributed by atoms with Crippen LogP contribution in [-0.4, -0.2) is 38.6 Å². The largest absolute Gasteiger partial charge is 0.459 e. The first-order valence-corrected chi connectivity index (χ1v) is 10.0. The highest BCUT2D eigenvalue weighted by atomic mass is 32.2. The number of aromatic nitrogens is 2. The van der Waals surface area contributed by atoms with Gasteiger partial charge in [0.15, 0.2) is 5.16 Å². The van der Waals surface area contributed by atoms with Gasteiger partial charge in [-0.2, -0.15) is 0 Å². The summed E-state index contributed by atoms with van der Waals surface area (Å²) in [7, 11) is 0. The van der Waals surface area contributed by atoms with Crippen molar-refractivity contribution in [1.29, 1.82) is 0 Å². The molecule has 0 saturated carbocycles. The molecule has 1 aromatic heterocycles. The minimum absolute atomic E-state index is 0.000249. The van der Waals surface area contributed by atoms with Crippen LogP contribution in [0.25, 0.3) is 16.6 Å². The standard InChI is InChI=1S/C21H20N2O4S/c1-12-7-8-16(13(2)9-12)23-20(26)14-5-3-4-6-15(14)22-21(23)28-11-18-17(24)10-19(25)27-18/h3-9,17-18,24H,10-11H2,1-2H3/t17-,18+/m0/s1. The number of benzene rings is 2. The summed E-state index contributed by atoms with van der Waals surface area (Å²) in [5, 5.41) is 11.0.